The van der Waals surface area contributed by atoms with Gasteiger partial charge in [-0.25, -0.2) is 4.79 Å². The van der Waals surface area contributed by atoms with Crippen molar-refractivity contribution in [1.29, 1.82) is 0 Å². The Morgan fingerprint density at radius 2 is 1.62 bits per heavy atom. The maximum atomic E-state index is 12.6. The minimum absolute atomic E-state index is 0.253. The number of esters is 1. The molecule has 0 unspecified atom stereocenters. The van der Waals surface area contributed by atoms with E-state index in [1.807, 2.05) is 36.4 Å². The van der Waals surface area contributed by atoms with Crippen LogP contribution in [0, 0.1) is 0 Å². The van der Waals surface area contributed by atoms with E-state index in [1.54, 1.807) is 21.3 Å². The van der Waals surface area contributed by atoms with Crippen LogP contribution in [0.15, 0.2) is 42.0 Å². The lowest BCUT2D eigenvalue weighted by Gasteiger charge is -2.26. The minimum atomic E-state index is -0.316. The highest BCUT2D eigenvalue weighted by molar-refractivity contribution is 6.19. The first-order chi connectivity index (χ1) is 16.6. The summed E-state index contributed by atoms with van der Waals surface area (Å²) >= 11 is 0. The quantitative estimate of drug-likeness (QED) is 0.492. The summed E-state index contributed by atoms with van der Waals surface area (Å²) in [6.45, 7) is 5.15. The van der Waals surface area contributed by atoms with Gasteiger partial charge in [0.05, 0.1) is 40.1 Å². The van der Waals surface area contributed by atoms with E-state index in [9.17, 15) is 4.79 Å². The zero-order valence-electron chi connectivity index (χ0n) is 19.9. The average molecular weight is 470 g/mol. The van der Waals surface area contributed by atoms with Gasteiger partial charge in [0.15, 0.2) is 11.5 Å². The van der Waals surface area contributed by atoms with E-state index >= 15 is 0 Å². The Bertz CT molecular complexity index is 1000. The van der Waals surface area contributed by atoms with Crippen molar-refractivity contribution < 1.29 is 33.2 Å². The Morgan fingerprint density at radius 3 is 2.24 bits per heavy atom. The van der Waals surface area contributed by atoms with Crippen LogP contribution in [0.2, 0.25) is 0 Å². The van der Waals surface area contributed by atoms with Crippen molar-refractivity contribution in [3.05, 3.63) is 53.1 Å². The van der Waals surface area contributed by atoms with E-state index in [0.29, 0.717) is 35.8 Å². The molecule has 8 heteroatoms. The molecule has 2 aromatic carbocycles. The van der Waals surface area contributed by atoms with E-state index in [0.717, 1.165) is 55.3 Å². The maximum Gasteiger partial charge on any atom is 0.339 e. The van der Waals surface area contributed by atoms with Gasteiger partial charge >= 0.3 is 5.97 Å². The first-order valence-corrected chi connectivity index (χ1v) is 11.3. The van der Waals surface area contributed by atoms with Crippen LogP contribution in [0.25, 0.3) is 5.57 Å². The Labute approximate surface area is 199 Å². The maximum absolute atomic E-state index is 12.6. The standard InChI is InChI=1S/C26H31NO7/c1-29-22-15-18(16-23(30-2)25(22)31-3)14-20-17-34-26(28)24(20)19-4-6-21(7-5-19)33-13-10-27-8-11-32-12-9-27/h4-7,15-16H,8-14,17H2,1-3H3. The van der Waals surface area contributed by atoms with Crippen LogP contribution in [0.5, 0.6) is 23.0 Å². The Balaban J connectivity index is 1.47. The number of benzene rings is 2. The van der Waals surface area contributed by atoms with Gasteiger partial charge in [-0.1, -0.05) is 12.1 Å². The van der Waals surface area contributed by atoms with E-state index in [4.69, 9.17) is 28.4 Å². The van der Waals surface area contributed by atoms with Gasteiger partial charge in [0.25, 0.3) is 0 Å². The number of morpholine rings is 1. The number of nitrogens with zero attached hydrogens (tertiary/aromatic N) is 1. The van der Waals surface area contributed by atoms with Gasteiger partial charge in [0.2, 0.25) is 5.75 Å². The van der Waals surface area contributed by atoms with Gasteiger partial charge in [0.1, 0.15) is 19.0 Å². The second-order valence-corrected chi connectivity index (χ2v) is 8.09. The summed E-state index contributed by atoms with van der Waals surface area (Å²) in [6.07, 6.45) is 0.523. The first-order valence-electron chi connectivity index (χ1n) is 11.3. The monoisotopic (exact) mass is 469 g/mol. The third kappa shape index (κ3) is 5.46. The number of hydrogen-bond donors (Lipinski definition) is 0. The number of hydrogen-bond acceptors (Lipinski definition) is 8. The Kier molecular flexibility index (Phi) is 7.92. The lowest BCUT2D eigenvalue weighted by molar-refractivity contribution is -0.134. The summed E-state index contributed by atoms with van der Waals surface area (Å²) in [6, 6.07) is 11.4. The molecule has 0 bridgehead atoms. The molecule has 2 aliphatic rings. The molecule has 34 heavy (non-hydrogen) atoms. The summed E-state index contributed by atoms with van der Waals surface area (Å²) in [5, 5.41) is 0. The largest absolute Gasteiger partial charge is 0.493 e. The number of carbonyl (C=O) groups excluding carboxylic acids is 1. The normalized spacial score (nSPS) is 16.4. The van der Waals surface area contributed by atoms with Crippen molar-refractivity contribution in [1.82, 2.24) is 4.90 Å². The van der Waals surface area contributed by atoms with Crippen molar-refractivity contribution in [2.24, 2.45) is 0 Å². The first kappa shape index (κ1) is 23.9. The lowest BCUT2D eigenvalue weighted by atomic mass is 9.96. The molecule has 0 N–H and O–H groups in total. The molecule has 2 heterocycles. The van der Waals surface area contributed by atoms with Gasteiger partial charge in [-0.05, 0) is 47.4 Å². The molecule has 0 spiro atoms. The van der Waals surface area contributed by atoms with Gasteiger partial charge in [-0.2, -0.15) is 0 Å². The van der Waals surface area contributed by atoms with Crippen LogP contribution >= 0.6 is 0 Å². The molecule has 4 rings (SSSR count). The van der Waals surface area contributed by atoms with Crippen LogP contribution < -0.4 is 18.9 Å². The predicted molar refractivity (Wildman–Crippen MR) is 127 cm³/mol. The van der Waals surface area contributed by atoms with Crippen LogP contribution in [-0.4, -0.2) is 78.3 Å². The molecule has 0 atom stereocenters. The summed E-state index contributed by atoms with van der Waals surface area (Å²) in [7, 11) is 4.73. The third-order valence-electron chi connectivity index (χ3n) is 6.00. The zero-order valence-corrected chi connectivity index (χ0v) is 19.9. The van der Waals surface area contributed by atoms with Crippen LogP contribution in [0.3, 0.4) is 0 Å². The number of cyclic esters (lactones) is 1. The number of carbonyl (C=O) groups is 1. The minimum Gasteiger partial charge on any atom is -0.493 e. The van der Waals surface area contributed by atoms with E-state index in [-0.39, 0.29) is 12.6 Å². The van der Waals surface area contributed by atoms with Crippen molar-refractivity contribution in [2.45, 2.75) is 6.42 Å². The predicted octanol–water partition coefficient (Wildman–Crippen LogP) is 2.98. The van der Waals surface area contributed by atoms with Crippen molar-refractivity contribution in [2.75, 3.05) is 67.4 Å². The van der Waals surface area contributed by atoms with Gasteiger partial charge in [0, 0.05) is 19.6 Å². The van der Waals surface area contributed by atoms with E-state index < -0.39 is 0 Å². The highest BCUT2D eigenvalue weighted by atomic mass is 16.5. The average Bonchev–Trinajstić information content (AvgIpc) is 3.24. The Morgan fingerprint density at radius 1 is 0.941 bits per heavy atom. The van der Waals surface area contributed by atoms with Crippen LogP contribution in [0.1, 0.15) is 11.1 Å². The molecule has 2 aliphatic heterocycles. The molecule has 182 valence electrons. The SMILES string of the molecule is COc1cc(CC2=C(c3ccc(OCCN4CCOCC4)cc3)C(=O)OC2)cc(OC)c1OC. The van der Waals surface area contributed by atoms with Crippen LogP contribution in [0.4, 0.5) is 0 Å². The van der Waals surface area contributed by atoms with Crippen molar-refractivity contribution >= 4 is 11.5 Å². The third-order valence-corrected chi connectivity index (χ3v) is 6.00. The second-order valence-electron chi connectivity index (χ2n) is 8.09. The van der Waals surface area contributed by atoms with E-state index in [2.05, 4.69) is 4.90 Å². The fourth-order valence-corrected chi connectivity index (χ4v) is 4.22. The summed E-state index contributed by atoms with van der Waals surface area (Å²) < 4.78 is 33.0. The molecule has 0 aromatic heterocycles. The molecule has 2 aromatic rings. The molecule has 0 amide bonds. The van der Waals surface area contributed by atoms with Gasteiger partial charge < -0.3 is 28.4 Å². The zero-order chi connectivity index (χ0) is 23.9. The summed E-state index contributed by atoms with van der Waals surface area (Å²) in [4.78, 5) is 14.9. The second kappa shape index (κ2) is 11.3. The molecular formula is C26H31NO7. The topological polar surface area (TPSA) is 75.7 Å². The van der Waals surface area contributed by atoms with Gasteiger partial charge in [-0.3, -0.25) is 4.90 Å². The number of ether oxygens (including phenoxy) is 6. The number of rotatable bonds is 10. The summed E-state index contributed by atoms with van der Waals surface area (Å²) in [5.41, 5.74) is 3.24. The molecule has 0 saturated carbocycles. The van der Waals surface area contributed by atoms with E-state index in [1.165, 1.54) is 0 Å². The molecule has 8 nitrogen and oxygen atoms in total. The molecule has 0 aliphatic carbocycles. The van der Waals surface area contributed by atoms with Crippen molar-refractivity contribution in [3.8, 4) is 23.0 Å². The lowest BCUT2D eigenvalue weighted by Crippen LogP contribution is -2.38. The Hall–Kier alpha value is -3.23. The van der Waals surface area contributed by atoms with Crippen LogP contribution in [-0.2, 0) is 20.7 Å². The fraction of sp³-hybridized carbons (Fsp3) is 0.423. The highest BCUT2D eigenvalue weighted by Crippen LogP contribution is 2.39. The molecule has 1 fully saturated rings. The van der Waals surface area contributed by atoms with Crippen molar-refractivity contribution in [3.63, 3.8) is 0 Å². The molecule has 1 saturated heterocycles. The smallest absolute Gasteiger partial charge is 0.339 e. The molecule has 0 radical (unpaired) electrons. The number of methoxy groups -OCH3 is 3. The fourth-order valence-electron chi connectivity index (χ4n) is 4.22. The molecular weight excluding hydrogens is 438 g/mol. The van der Waals surface area contributed by atoms with Gasteiger partial charge in [-0.15, -0.1) is 0 Å². The highest BCUT2D eigenvalue weighted by Gasteiger charge is 2.27. The summed E-state index contributed by atoms with van der Waals surface area (Å²) in [5.74, 6) is 2.13.